The van der Waals surface area contributed by atoms with Gasteiger partial charge in [0, 0.05) is 10.6 Å². The quantitative estimate of drug-likeness (QED) is 0.682. The lowest BCUT2D eigenvalue weighted by molar-refractivity contribution is 0.500. The Morgan fingerprint density at radius 3 is 2.12 bits per heavy atom. The minimum atomic E-state index is 0.150. The Morgan fingerprint density at radius 2 is 1.65 bits per heavy atom. The molecule has 0 aliphatic carbocycles. The van der Waals surface area contributed by atoms with E-state index < -0.39 is 0 Å². The van der Waals surface area contributed by atoms with Crippen LogP contribution in [0.3, 0.4) is 0 Å². The minimum Gasteiger partial charge on any atom is -0.466 e. The molecule has 0 radical (unpaired) electrons. The summed E-state index contributed by atoms with van der Waals surface area (Å²) in [6.07, 6.45) is 0. The first-order valence-electron chi connectivity index (χ1n) is 5.46. The van der Waals surface area contributed by atoms with Gasteiger partial charge in [-0.25, -0.2) is 0 Å². The van der Waals surface area contributed by atoms with Crippen LogP contribution in [0.15, 0.2) is 28.7 Å². The van der Waals surface area contributed by atoms with Crippen LogP contribution in [0.25, 0.3) is 0 Å². The third-order valence-corrected chi connectivity index (χ3v) is 4.27. The van der Waals surface area contributed by atoms with E-state index in [9.17, 15) is 0 Å². The second-order valence-electron chi connectivity index (χ2n) is 4.17. The number of aryl methyl sites for hydroxylation is 2. The fourth-order valence-electron chi connectivity index (χ4n) is 1.98. The van der Waals surface area contributed by atoms with Gasteiger partial charge in [0.2, 0.25) is 0 Å². The zero-order valence-electron chi connectivity index (χ0n) is 10.1. The van der Waals surface area contributed by atoms with Gasteiger partial charge in [-0.1, -0.05) is 39.7 Å². The average molecular weight is 314 g/mol. The van der Waals surface area contributed by atoms with E-state index in [4.69, 9.17) is 16.0 Å². The number of furan rings is 1. The predicted molar refractivity (Wildman–Crippen MR) is 75.1 cm³/mol. The standard InChI is InChI=1S/C14H14BrClO/c1-8-9(2)17-10(3)13(8)14(15)11-4-6-12(16)7-5-11/h4-7,14H,1-3H3. The molecule has 1 aromatic heterocycles. The molecule has 0 saturated heterocycles. The van der Waals surface area contributed by atoms with E-state index in [0.29, 0.717) is 0 Å². The summed E-state index contributed by atoms with van der Waals surface area (Å²) in [5, 5.41) is 0.755. The van der Waals surface area contributed by atoms with Crippen molar-refractivity contribution in [1.29, 1.82) is 0 Å². The van der Waals surface area contributed by atoms with Crippen LogP contribution >= 0.6 is 27.5 Å². The van der Waals surface area contributed by atoms with Crippen molar-refractivity contribution in [2.24, 2.45) is 0 Å². The van der Waals surface area contributed by atoms with Gasteiger partial charge in [-0.05, 0) is 44.0 Å². The molecule has 2 rings (SSSR count). The van der Waals surface area contributed by atoms with Crippen LogP contribution in [0.4, 0.5) is 0 Å². The number of hydrogen-bond acceptors (Lipinski definition) is 1. The topological polar surface area (TPSA) is 13.1 Å². The molecule has 1 nitrogen and oxygen atoms in total. The van der Waals surface area contributed by atoms with Crippen LogP contribution < -0.4 is 0 Å². The summed E-state index contributed by atoms with van der Waals surface area (Å²) in [6, 6.07) is 7.87. The molecule has 1 unspecified atom stereocenters. The minimum absolute atomic E-state index is 0.150. The molecule has 0 N–H and O–H groups in total. The molecule has 0 saturated carbocycles. The predicted octanol–water partition coefficient (Wildman–Crippen LogP) is 5.34. The summed E-state index contributed by atoms with van der Waals surface area (Å²) < 4.78 is 5.66. The molecule has 1 heterocycles. The first kappa shape index (κ1) is 12.7. The van der Waals surface area contributed by atoms with Crippen LogP contribution in [0.2, 0.25) is 5.02 Å². The normalized spacial score (nSPS) is 12.8. The molecular formula is C14H14BrClO. The van der Waals surface area contributed by atoms with Gasteiger partial charge in [-0.3, -0.25) is 0 Å². The fourth-order valence-corrected chi connectivity index (χ4v) is 3.08. The van der Waals surface area contributed by atoms with E-state index in [1.807, 2.05) is 38.1 Å². The van der Waals surface area contributed by atoms with E-state index in [1.54, 1.807) is 0 Å². The zero-order valence-corrected chi connectivity index (χ0v) is 12.4. The Labute approximate surface area is 115 Å². The van der Waals surface area contributed by atoms with Crippen LogP contribution in [0.1, 0.15) is 33.0 Å². The van der Waals surface area contributed by atoms with Crippen LogP contribution in [0, 0.1) is 20.8 Å². The van der Waals surface area contributed by atoms with Crippen molar-refractivity contribution in [2.45, 2.75) is 25.6 Å². The average Bonchev–Trinajstić information content (AvgIpc) is 2.53. The van der Waals surface area contributed by atoms with E-state index in [-0.39, 0.29) is 4.83 Å². The number of hydrogen-bond donors (Lipinski definition) is 0. The van der Waals surface area contributed by atoms with Crippen molar-refractivity contribution in [3.63, 3.8) is 0 Å². The van der Waals surface area contributed by atoms with E-state index in [0.717, 1.165) is 16.5 Å². The number of rotatable bonds is 2. The van der Waals surface area contributed by atoms with Crippen molar-refractivity contribution in [3.8, 4) is 0 Å². The van der Waals surface area contributed by atoms with Gasteiger partial charge < -0.3 is 4.42 Å². The Bertz CT molecular complexity index is 528. The molecule has 0 fully saturated rings. The molecule has 17 heavy (non-hydrogen) atoms. The molecule has 0 aliphatic heterocycles. The second kappa shape index (κ2) is 4.87. The molecule has 2 aromatic rings. The van der Waals surface area contributed by atoms with Gasteiger partial charge >= 0.3 is 0 Å². The lowest BCUT2D eigenvalue weighted by atomic mass is 10.0. The van der Waals surface area contributed by atoms with E-state index in [1.165, 1.54) is 16.7 Å². The molecule has 0 bridgehead atoms. The highest BCUT2D eigenvalue weighted by Crippen LogP contribution is 2.37. The smallest absolute Gasteiger partial charge is 0.106 e. The highest BCUT2D eigenvalue weighted by Gasteiger charge is 2.20. The lowest BCUT2D eigenvalue weighted by Gasteiger charge is -2.11. The highest BCUT2D eigenvalue weighted by molar-refractivity contribution is 9.09. The molecule has 1 aromatic carbocycles. The molecule has 0 spiro atoms. The highest BCUT2D eigenvalue weighted by atomic mass is 79.9. The summed E-state index contributed by atoms with van der Waals surface area (Å²) in [4.78, 5) is 0.150. The third-order valence-electron chi connectivity index (χ3n) is 3.03. The summed E-state index contributed by atoms with van der Waals surface area (Å²) in [5.41, 5.74) is 3.60. The van der Waals surface area contributed by atoms with Crippen molar-refractivity contribution in [1.82, 2.24) is 0 Å². The van der Waals surface area contributed by atoms with Gasteiger partial charge in [0.15, 0.2) is 0 Å². The summed E-state index contributed by atoms with van der Waals surface area (Å²) >= 11 is 9.63. The molecule has 90 valence electrons. The van der Waals surface area contributed by atoms with E-state index in [2.05, 4.69) is 22.9 Å². The Hall–Kier alpha value is -0.730. The van der Waals surface area contributed by atoms with Crippen molar-refractivity contribution in [2.75, 3.05) is 0 Å². The SMILES string of the molecule is Cc1oc(C)c(C(Br)c2ccc(Cl)cc2)c1C. The maximum absolute atomic E-state index is 5.90. The molecule has 3 heteroatoms. The van der Waals surface area contributed by atoms with Crippen LogP contribution in [-0.4, -0.2) is 0 Å². The Balaban J connectivity index is 2.43. The zero-order chi connectivity index (χ0) is 12.6. The lowest BCUT2D eigenvalue weighted by Crippen LogP contribution is -1.95. The van der Waals surface area contributed by atoms with Crippen molar-refractivity contribution < 1.29 is 4.42 Å². The molecule has 0 aliphatic rings. The Morgan fingerprint density at radius 1 is 1.06 bits per heavy atom. The largest absolute Gasteiger partial charge is 0.466 e. The van der Waals surface area contributed by atoms with Crippen LogP contribution in [0.5, 0.6) is 0 Å². The van der Waals surface area contributed by atoms with Gasteiger partial charge in [0.05, 0.1) is 4.83 Å². The first-order valence-corrected chi connectivity index (χ1v) is 6.76. The van der Waals surface area contributed by atoms with Crippen molar-refractivity contribution >= 4 is 27.5 Å². The summed E-state index contributed by atoms with van der Waals surface area (Å²) in [6.45, 7) is 6.08. The monoisotopic (exact) mass is 312 g/mol. The Kier molecular flexibility index (Phi) is 3.64. The van der Waals surface area contributed by atoms with E-state index >= 15 is 0 Å². The third kappa shape index (κ3) is 2.43. The van der Waals surface area contributed by atoms with Gasteiger partial charge in [-0.2, -0.15) is 0 Å². The fraction of sp³-hybridized carbons (Fsp3) is 0.286. The first-order chi connectivity index (χ1) is 8.00. The number of alkyl halides is 1. The molecule has 0 amide bonds. The number of benzene rings is 1. The van der Waals surface area contributed by atoms with Crippen molar-refractivity contribution in [3.05, 3.63) is 57.5 Å². The second-order valence-corrected chi connectivity index (χ2v) is 5.52. The summed E-state index contributed by atoms with van der Waals surface area (Å²) in [5.74, 6) is 1.95. The molecular weight excluding hydrogens is 300 g/mol. The maximum atomic E-state index is 5.90. The van der Waals surface area contributed by atoms with Gasteiger partial charge in [0.25, 0.3) is 0 Å². The van der Waals surface area contributed by atoms with Gasteiger partial charge in [-0.15, -0.1) is 0 Å². The van der Waals surface area contributed by atoms with Gasteiger partial charge in [0.1, 0.15) is 11.5 Å². The number of halogens is 2. The summed E-state index contributed by atoms with van der Waals surface area (Å²) in [7, 11) is 0. The molecule has 1 atom stereocenters. The maximum Gasteiger partial charge on any atom is 0.106 e. The van der Waals surface area contributed by atoms with Crippen LogP contribution in [-0.2, 0) is 0 Å².